The smallest absolute Gasteiger partial charge is 0.471 e. The predicted octanol–water partition coefficient (Wildman–Crippen LogP) is 4.21. The van der Waals surface area contributed by atoms with Gasteiger partial charge in [0.05, 0.1) is 25.1 Å². The van der Waals surface area contributed by atoms with E-state index in [2.05, 4.69) is 24.0 Å². The Morgan fingerprint density at radius 3 is 2.75 bits per heavy atom. The molecule has 0 saturated heterocycles. The van der Waals surface area contributed by atoms with E-state index in [-0.39, 0.29) is 18.1 Å². The topological polar surface area (TPSA) is 94.9 Å². The summed E-state index contributed by atoms with van der Waals surface area (Å²) in [7, 11) is -0.961. The Kier molecular flexibility index (Phi) is 5.63. The molecule has 8 nitrogen and oxygen atoms in total. The first kappa shape index (κ1) is 21.8. The molecule has 32 heavy (non-hydrogen) atoms. The Morgan fingerprint density at radius 2 is 2.03 bits per heavy atom. The van der Waals surface area contributed by atoms with E-state index >= 15 is 0 Å². The summed E-state index contributed by atoms with van der Waals surface area (Å²) in [5.74, 6) is -0.660. The van der Waals surface area contributed by atoms with E-state index in [4.69, 9.17) is 4.74 Å². The molecule has 0 aliphatic heterocycles. The molecular weight excluding hydrogens is 447 g/mol. The van der Waals surface area contributed by atoms with Crippen molar-refractivity contribution in [1.29, 1.82) is 0 Å². The Morgan fingerprint density at radius 1 is 1.22 bits per heavy atom. The minimum absolute atomic E-state index is 0.122. The summed E-state index contributed by atoms with van der Waals surface area (Å²) >= 11 is 0. The molecule has 0 amide bonds. The lowest BCUT2D eigenvalue weighted by Gasteiger charge is -2.06. The minimum atomic E-state index is -4.71. The van der Waals surface area contributed by atoms with Crippen LogP contribution in [0.5, 0.6) is 5.75 Å². The highest BCUT2D eigenvalue weighted by molar-refractivity contribution is 7.92. The van der Waals surface area contributed by atoms with Gasteiger partial charge in [0.25, 0.3) is 0 Å². The number of ether oxygens (including phenoxy) is 1. The summed E-state index contributed by atoms with van der Waals surface area (Å²) in [5, 5.41) is 3.38. The molecular formula is C20H18F3N5O3S. The third-order valence-corrected chi connectivity index (χ3v) is 6.05. The van der Waals surface area contributed by atoms with E-state index in [1.54, 1.807) is 36.2 Å². The highest BCUT2D eigenvalue weighted by Crippen LogP contribution is 2.29. The number of alkyl halides is 3. The zero-order chi connectivity index (χ0) is 22.9. The summed E-state index contributed by atoms with van der Waals surface area (Å²) in [5.41, 5.74) is 2.19. The molecule has 0 bridgehead atoms. The lowest BCUT2D eigenvalue weighted by molar-refractivity contribution is -0.159. The van der Waals surface area contributed by atoms with Gasteiger partial charge in [-0.25, -0.2) is 13.6 Å². The average molecular weight is 465 g/mol. The van der Waals surface area contributed by atoms with Gasteiger partial charge >= 0.3 is 12.1 Å². The summed E-state index contributed by atoms with van der Waals surface area (Å²) in [4.78, 5) is 7.79. The van der Waals surface area contributed by atoms with Crippen LogP contribution in [0.1, 0.15) is 17.1 Å². The van der Waals surface area contributed by atoms with Crippen LogP contribution in [0.3, 0.4) is 0 Å². The molecule has 0 saturated carbocycles. The van der Waals surface area contributed by atoms with Crippen LogP contribution in [-0.2, 0) is 28.2 Å². The predicted molar refractivity (Wildman–Crippen MR) is 110 cm³/mol. The second-order valence-corrected chi connectivity index (χ2v) is 9.54. The summed E-state index contributed by atoms with van der Waals surface area (Å²) in [6.07, 6.45) is 0.190. The first-order valence-electron chi connectivity index (χ1n) is 9.30. The quantitative estimate of drug-likeness (QED) is 0.423. The van der Waals surface area contributed by atoms with Gasteiger partial charge in [-0.15, -0.1) is 0 Å². The number of imidazole rings is 1. The molecule has 4 rings (SSSR count). The minimum Gasteiger partial charge on any atom is -0.497 e. The zero-order valence-electron chi connectivity index (χ0n) is 17.0. The van der Waals surface area contributed by atoms with Crippen molar-refractivity contribution < 1.29 is 26.6 Å². The molecule has 0 spiro atoms. The molecule has 3 heterocycles. The molecule has 3 aromatic heterocycles. The second-order valence-electron chi connectivity index (χ2n) is 7.08. The maximum absolute atomic E-state index is 12.9. The van der Waals surface area contributed by atoms with Crippen LogP contribution in [0.15, 0.2) is 57.7 Å². The molecule has 1 unspecified atom stereocenters. The van der Waals surface area contributed by atoms with Gasteiger partial charge in [-0.05, 0) is 29.8 Å². The molecule has 1 atom stereocenters. The van der Waals surface area contributed by atoms with Crippen molar-refractivity contribution in [3.05, 3.63) is 65.9 Å². The summed E-state index contributed by atoms with van der Waals surface area (Å²) < 4.78 is 66.4. The Hall–Kier alpha value is -3.41. The van der Waals surface area contributed by atoms with Gasteiger partial charge in [0.2, 0.25) is 5.82 Å². The number of rotatable bonds is 6. The van der Waals surface area contributed by atoms with Gasteiger partial charge in [0, 0.05) is 33.9 Å². The van der Waals surface area contributed by atoms with Gasteiger partial charge in [0.15, 0.2) is 0 Å². The van der Waals surface area contributed by atoms with Gasteiger partial charge in [-0.3, -0.25) is 0 Å². The van der Waals surface area contributed by atoms with Crippen LogP contribution < -0.4 is 4.74 Å². The number of nitrogens with zero attached hydrogens (tertiary/aromatic N) is 5. The number of aromatic nitrogens is 4. The van der Waals surface area contributed by atoms with Gasteiger partial charge in [0.1, 0.15) is 11.4 Å². The SMILES string of the molecule is COc1cccc(CS(C)(=O)=NCc2cn3ccc(-c4noc(C(F)(F)F)n4)cc3n2)c1. The van der Waals surface area contributed by atoms with Crippen molar-refractivity contribution in [1.82, 2.24) is 19.5 Å². The third-order valence-electron chi connectivity index (χ3n) is 4.51. The second kappa shape index (κ2) is 8.26. The fraction of sp³-hybridized carbons (Fsp3) is 0.250. The maximum atomic E-state index is 12.9. The standard InChI is InChI=1S/C20H18F3N5O3S/c1-30-16-5-3-4-13(8-16)12-32(2,29)24-10-15-11-28-7-6-14(9-17(28)25-15)18-26-19(31-27-18)20(21,22)23/h3-9,11H,10,12H2,1-2H3. The lowest BCUT2D eigenvalue weighted by Crippen LogP contribution is -2.04. The van der Waals surface area contributed by atoms with Gasteiger partial charge in [-0.2, -0.15) is 18.2 Å². The van der Waals surface area contributed by atoms with Crippen molar-refractivity contribution in [3.63, 3.8) is 0 Å². The fourth-order valence-electron chi connectivity index (χ4n) is 3.03. The number of fused-ring (bicyclic) bond motifs is 1. The van der Waals surface area contributed by atoms with Crippen LogP contribution in [-0.4, -0.2) is 37.1 Å². The monoisotopic (exact) mass is 465 g/mol. The van der Waals surface area contributed by atoms with Crippen LogP contribution >= 0.6 is 0 Å². The highest BCUT2D eigenvalue weighted by atomic mass is 32.2. The van der Waals surface area contributed by atoms with Crippen molar-refractivity contribution in [2.24, 2.45) is 4.36 Å². The molecule has 0 radical (unpaired) electrons. The van der Waals surface area contributed by atoms with E-state index in [0.29, 0.717) is 22.7 Å². The third kappa shape index (κ3) is 4.90. The van der Waals surface area contributed by atoms with Crippen molar-refractivity contribution in [2.45, 2.75) is 18.5 Å². The van der Waals surface area contributed by atoms with Gasteiger partial charge in [-0.1, -0.05) is 17.3 Å². The Labute approximate surface area is 181 Å². The van der Waals surface area contributed by atoms with E-state index in [1.165, 1.54) is 6.07 Å². The van der Waals surface area contributed by atoms with E-state index in [0.717, 1.165) is 5.56 Å². The number of pyridine rings is 1. The van der Waals surface area contributed by atoms with Crippen LogP contribution in [0.2, 0.25) is 0 Å². The molecule has 0 N–H and O–H groups in total. The average Bonchev–Trinajstić information content (AvgIpc) is 3.38. The molecule has 168 valence electrons. The van der Waals surface area contributed by atoms with E-state index in [1.807, 2.05) is 24.3 Å². The highest BCUT2D eigenvalue weighted by Gasteiger charge is 2.38. The molecule has 4 aromatic rings. The van der Waals surface area contributed by atoms with E-state index in [9.17, 15) is 17.4 Å². The Balaban J connectivity index is 1.53. The number of halogens is 3. The van der Waals surface area contributed by atoms with Crippen molar-refractivity contribution in [3.8, 4) is 17.1 Å². The number of hydrogen-bond donors (Lipinski definition) is 0. The zero-order valence-corrected chi connectivity index (χ0v) is 17.9. The Bertz CT molecular complexity index is 1390. The van der Waals surface area contributed by atoms with E-state index < -0.39 is 21.8 Å². The summed E-state index contributed by atoms with van der Waals surface area (Å²) in [6.45, 7) is 0.122. The summed E-state index contributed by atoms with van der Waals surface area (Å²) in [6, 6.07) is 10.4. The maximum Gasteiger partial charge on any atom is 0.471 e. The lowest BCUT2D eigenvalue weighted by atomic mass is 10.2. The number of benzene rings is 1. The normalized spacial score (nSPS) is 13.8. The largest absolute Gasteiger partial charge is 0.497 e. The van der Waals surface area contributed by atoms with Crippen LogP contribution in [0.4, 0.5) is 13.2 Å². The number of hydrogen-bond acceptors (Lipinski definition) is 7. The first-order chi connectivity index (χ1) is 15.1. The first-order valence-corrected chi connectivity index (χ1v) is 11.4. The molecule has 0 fully saturated rings. The van der Waals surface area contributed by atoms with Crippen LogP contribution in [0, 0.1) is 0 Å². The molecule has 1 aromatic carbocycles. The van der Waals surface area contributed by atoms with Crippen molar-refractivity contribution in [2.75, 3.05) is 13.4 Å². The van der Waals surface area contributed by atoms with Crippen LogP contribution in [0.25, 0.3) is 17.0 Å². The number of methoxy groups -OCH3 is 1. The van der Waals surface area contributed by atoms with Gasteiger partial charge < -0.3 is 13.7 Å². The molecule has 0 aliphatic carbocycles. The molecule has 12 heteroatoms. The molecule has 0 aliphatic rings. The van der Waals surface area contributed by atoms with Crippen molar-refractivity contribution >= 4 is 15.4 Å². The fourth-order valence-corrected chi connectivity index (χ4v) is 4.32.